The van der Waals surface area contributed by atoms with Gasteiger partial charge in [0.05, 0.1) is 6.54 Å². The third-order valence-electron chi connectivity index (χ3n) is 2.82. The van der Waals surface area contributed by atoms with Crippen molar-refractivity contribution in [1.29, 1.82) is 0 Å². The van der Waals surface area contributed by atoms with Crippen LogP contribution >= 0.6 is 24.4 Å². The van der Waals surface area contributed by atoms with E-state index in [0.29, 0.717) is 23.9 Å². The molecule has 0 atom stereocenters. The summed E-state index contributed by atoms with van der Waals surface area (Å²) in [4.78, 5) is 8.63. The maximum absolute atomic E-state index is 6.07. The lowest BCUT2D eigenvalue weighted by atomic mass is 10.2. The lowest BCUT2D eigenvalue weighted by molar-refractivity contribution is 0.830. The van der Waals surface area contributed by atoms with Crippen LogP contribution in [0.3, 0.4) is 0 Å². The van der Waals surface area contributed by atoms with Gasteiger partial charge in [-0.25, -0.2) is 9.97 Å². The number of rotatable bonds is 5. The maximum Gasteiger partial charge on any atom is 0.167 e. The van der Waals surface area contributed by atoms with Gasteiger partial charge in [0.2, 0.25) is 0 Å². The first-order valence-corrected chi connectivity index (χ1v) is 7.21. The van der Waals surface area contributed by atoms with Gasteiger partial charge in [-0.05, 0) is 12.0 Å². The molecule has 4 nitrogen and oxygen atoms in total. The molecule has 0 bridgehead atoms. The van der Waals surface area contributed by atoms with Crippen molar-refractivity contribution < 1.29 is 0 Å². The fourth-order valence-electron chi connectivity index (χ4n) is 1.84. The molecule has 2 rings (SSSR count). The Bertz CT molecular complexity index is 577. The molecule has 2 aromatic rings. The molecule has 0 aliphatic heterocycles. The zero-order valence-electron chi connectivity index (χ0n) is 11.3. The quantitative estimate of drug-likeness (QED) is 0.655. The number of nitrogens with two attached hydrogens (primary N) is 1. The van der Waals surface area contributed by atoms with Crippen molar-refractivity contribution in [3.8, 4) is 0 Å². The van der Waals surface area contributed by atoms with Gasteiger partial charge < -0.3 is 5.73 Å². The summed E-state index contributed by atoms with van der Waals surface area (Å²) in [7, 11) is 0. The van der Waals surface area contributed by atoms with E-state index in [1.54, 1.807) is 4.31 Å². The van der Waals surface area contributed by atoms with Crippen molar-refractivity contribution in [3.63, 3.8) is 0 Å². The van der Waals surface area contributed by atoms with Crippen molar-refractivity contribution in [2.24, 2.45) is 0 Å². The molecular formula is C14H17ClN4S. The van der Waals surface area contributed by atoms with Crippen LogP contribution in [0.4, 0.5) is 11.5 Å². The molecule has 0 aliphatic rings. The number of nitrogen functional groups attached to an aromatic ring is 1. The van der Waals surface area contributed by atoms with Crippen LogP contribution in [0, 0.1) is 0 Å². The standard InChI is InChI=1S/C14H17ClN4S/c1-2-6-11-17-13(15)12(16)14(18-11)19(20)9-10-7-4-3-5-8-10/h3-5,7-8,20H,2,6,9,16H2,1H3. The van der Waals surface area contributed by atoms with Crippen LogP contribution in [0.1, 0.15) is 24.7 Å². The number of hydrogen-bond donors (Lipinski definition) is 2. The van der Waals surface area contributed by atoms with Crippen molar-refractivity contribution in [2.45, 2.75) is 26.3 Å². The highest BCUT2D eigenvalue weighted by atomic mass is 35.5. The van der Waals surface area contributed by atoms with E-state index >= 15 is 0 Å². The molecule has 0 unspecified atom stereocenters. The van der Waals surface area contributed by atoms with Crippen LogP contribution in [0.5, 0.6) is 0 Å². The highest BCUT2D eigenvalue weighted by molar-refractivity contribution is 7.81. The maximum atomic E-state index is 6.07. The fourth-order valence-corrected chi connectivity index (χ4v) is 2.33. The van der Waals surface area contributed by atoms with Gasteiger partial charge in [0.15, 0.2) is 11.0 Å². The normalized spacial score (nSPS) is 10.6. The SMILES string of the molecule is CCCc1nc(Cl)c(N)c(N(S)Cc2ccccc2)n1. The second-order valence-electron chi connectivity index (χ2n) is 4.46. The Morgan fingerprint density at radius 1 is 1.25 bits per heavy atom. The molecule has 1 aromatic carbocycles. The summed E-state index contributed by atoms with van der Waals surface area (Å²) in [5.74, 6) is 1.24. The predicted octanol–water partition coefficient (Wildman–Crippen LogP) is 3.52. The third kappa shape index (κ3) is 3.55. The molecule has 0 fully saturated rings. The topological polar surface area (TPSA) is 55.0 Å². The summed E-state index contributed by atoms with van der Waals surface area (Å²) < 4.78 is 1.69. The minimum atomic E-state index is 0.283. The van der Waals surface area contributed by atoms with Gasteiger partial charge in [-0.3, -0.25) is 4.31 Å². The van der Waals surface area contributed by atoms with Gasteiger partial charge in [0, 0.05) is 6.42 Å². The summed E-state index contributed by atoms with van der Waals surface area (Å²) in [6.45, 7) is 2.66. The zero-order valence-corrected chi connectivity index (χ0v) is 12.9. The summed E-state index contributed by atoms with van der Waals surface area (Å²) in [6, 6.07) is 9.98. The van der Waals surface area contributed by atoms with Gasteiger partial charge in [-0.15, -0.1) is 0 Å². The van der Waals surface area contributed by atoms with Crippen LogP contribution in [-0.2, 0) is 13.0 Å². The van der Waals surface area contributed by atoms with E-state index in [-0.39, 0.29) is 5.15 Å². The molecule has 0 saturated heterocycles. The smallest absolute Gasteiger partial charge is 0.167 e. The fraction of sp³-hybridized carbons (Fsp3) is 0.286. The monoisotopic (exact) mass is 308 g/mol. The molecule has 1 heterocycles. The average Bonchev–Trinajstić information content (AvgIpc) is 2.44. The molecule has 0 radical (unpaired) electrons. The van der Waals surface area contributed by atoms with Crippen LogP contribution in [-0.4, -0.2) is 9.97 Å². The molecule has 6 heteroatoms. The molecule has 0 amide bonds. The van der Waals surface area contributed by atoms with Crippen molar-refractivity contribution in [1.82, 2.24) is 9.97 Å². The number of aryl methyl sites for hydroxylation is 1. The van der Waals surface area contributed by atoms with Gasteiger partial charge >= 0.3 is 0 Å². The van der Waals surface area contributed by atoms with E-state index in [2.05, 4.69) is 29.7 Å². The Hall–Kier alpha value is -1.46. The van der Waals surface area contributed by atoms with Gasteiger partial charge in [0.25, 0.3) is 0 Å². The molecule has 106 valence electrons. The summed E-state index contributed by atoms with van der Waals surface area (Å²) in [5.41, 5.74) is 7.43. The number of anilines is 2. The number of nitrogens with zero attached hydrogens (tertiary/aromatic N) is 3. The minimum Gasteiger partial charge on any atom is -0.393 e. The number of hydrogen-bond acceptors (Lipinski definition) is 5. The lowest BCUT2D eigenvalue weighted by Gasteiger charge is -2.19. The Morgan fingerprint density at radius 3 is 2.60 bits per heavy atom. The average molecular weight is 309 g/mol. The molecule has 0 saturated carbocycles. The summed E-state index contributed by atoms with van der Waals surface area (Å²) >= 11 is 10.5. The van der Waals surface area contributed by atoms with Gasteiger partial charge in [0.1, 0.15) is 11.5 Å². The van der Waals surface area contributed by atoms with E-state index < -0.39 is 0 Å². The first-order valence-electron chi connectivity index (χ1n) is 6.44. The number of halogens is 1. The predicted molar refractivity (Wildman–Crippen MR) is 87.1 cm³/mol. The van der Waals surface area contributed by atoms with E-state index in [9.17, 15) is 0 Å². The van der Waals surface area contributed by atoms with Crippen molar-refractivity contribution in [3.05, 3.63) is 46.9 Å². The van der Waals surface area contributed by atoms with E-state index in [1.165, 1.54) is 0 Å². The molecule has 20 heavy (non-hydrogen) atoms. The van der Waals surface area contributed by atoms with Crippen LogP contribution in [0.2, 0.25) is 5.15 Å². The molecular weight excluding hydrogens is 292 g/mol. The van der Waals surface area contributed by atoms with Crippen molar-refractivity contribution >= 4 is 35.9 Å². The van der Waals surface area contributed by atoms with Crippen molar-refractivity contribution in [2.75, 3.05) is 10.0 Å². The Morgan fingerprint density at radius 2 is 1.95 bits per heavy atom. The molecule has 2 N–H and O–H groups in total. The van der Waals surface area contributed by atoms with Gasteiger partial charge in [-0.1, -0.05) is 61.7 Å². The number of aromatic nitrogens is 2. The van der Waals surface area contributed by atoms with Crippen LogP contribution in [0.25, 0.3) is 0 Å². The second-order valence-corrected chi connectivity index (χ2v) is 5.30. The second kappa shape index (κ2) is 6.81. The third-order valence-corrected chi connectivity index (χ3v) is 3.44. The Kier molecular flexibility index (Phi) is 5.09. The van der Waals surface area contributed by atoms with Crippen LogP contribution < -0.4 is 10.0 Å². The summed E-state index contributed by atoms with van der Waals surface area (Å²) in [6.07, 6.45) is 1.71. The number of thiol groups is 1. The first-order chi connectivity index (χ1) is 9.61. The Balaban J connectivity index is 2.26. The van der Waals surface area contributed by atoms with Crippen LogP contribution in [0.15, 0.2) is 30.3 Å². The summed E-state index contributed by atoms with van der Waals surface area (Å²) in [5, 5.41) is 0.283. The Labute approximate surface area is 129 Å². The van der Waals surface area contributed by atoms with E-state index in [4.69, 9.17) is 17.3 Å². The molecule has 1 aromatic heterocycles. The minimum absolute atomic E-state index is 0.283. The number of benzene rings is 1. The molecule has 0 aliphatic carbocycles. The van der Waals surface area contributed by atoms with E-state index in [0.717, 1.165) is 18.4 Å². The highest BCUT2D eigenvalue weighted by Crippen LogP contribution is 2.29. The lowest BCUT2D eigenvalue weighted by Crippen LogP contribution is -2.15. The largest absolute Gasteiger partial charge is 0.393 e. The van der Waals surface area contributed by atoms with E-state index in [1.807, 2.05) is 30.3 Å². The van der Waals surface area contributed by atoms with Gasteiger partial charge in [-0.2, -0.15) is 0 Å². The molecule has 0 spiro atoms. The first kappa shape index (κ1) is 14.9. The zero-order chi connectivity index (χ0) is 14.5. The highest BCUT2D eigenvalue weighted by Gasteiger charge is 2.14.